The number of aromatic nitrogens is 5. The van der Waals surface area contributed by atoms with Crippen molar-refractivity contribution in [2.45, 2.75) is 48.5 Å². The first-order chi connectivity index (χ1) is 47.5. The van der Waals surface area contributed by atoms with E-state index in [2.05, 4.69) is 255 Å². The molecule has 15 rings (SSSR count). The van der Waals surface area contributed by atoms with Crippen LogP contribution in [0.2, 0.25) is 0 Å². The van der Waals surface area contributed by atoms with Gasteiger partial charge in [-0.3, -0.25) is 0 Å². The second-order valence-corrected chi connectivity index (χ2v) is 23.7. The molecule has 10 aromatic carbocycles. The van der Waals surface area contributed by atoms with E-state index in [9.17, 15) is 0 Å². The van der Waals surface area contributed by atoms with E-state index in [-0.39, 0.29) is 101 Å². The summed E-state index contributed by atoms with van der Waals surface area (Å²) in [5.74, 6) is 0. The zero-order valence-electron chi connectivity index (χ0n) is 57.5. The van der Waals surface area contributed by atoms with Gasteiger partial charge in [-0.05, 0) is 162 Å². The first kappa shape index (κ1) is 82.2. The van der Waals surface area contributed by atoms with E-state index < -0.39 is 0 Å². The Hall–Kier alpha value is -8.80. The Labute approximate surface area is 670 Å². The topological polar surface area (TPSA) is 64.5 Å². The van der Waals surface area contributed by atoms with Crippen LogP contribution in [0, 0.1) is 78.8 Å². The molecule has 0 aliphatic carbocycles. The monoisotopic (exact) mass is 2210 g/mol. The molecule has 0 aliphatic heterocycles. The summed E-state index contributed by atoms with van der Waals surface area (Å²) in [4.78, 5) is 22.5. The van der Waals surface area contributed by atoms with Crippen LogP contribution in [-0.4, -0.2) is 24.9 Å². The van der Waals surface area contributed by atoms with Gasteiger partial charge in [-0.1, -0.05) is 181 Å². The van der Waals surface area contributed by atoms with Crippen LogP contribution < -0.4 is 0 Å². The number of benzene rings is 10. The van der Waals surface area contributed by atoms with E-state index in [1.165, 1.54) is 83.5 Å². The van der Waals surface area contributed by atoms with Crippen molar-refractivity contribution >= 4 is 0 Å². The molecule has 0 aliphatic rings. The van der Waals surface area contributed by atoms with E-state index in [0.29, 0.717) is 0 Å². The van der Waals surface area contributed by atoms with E-state index in [1.807, 2.05) is 171 Å². The van der Waals surface area contributed by atoms with Crippen LogP contribution in [-0.2, 0) is 101 Å². The maximum atomic E-state index is 4.60. The Kier molecular flexibility index (Phi) is 33.8. The van der Waals surface area contributed by atoms with E-state index in [0.717, 1.165) is 67.5 Å². The Morgan fingerprint density at radius 3 is 1.23 bits per heavy atom. The van der Waals surface area contributed by atoms with Gasteiger partial charge < -0.3 is 24.9 Å². The second-order valence-electron chi connectivity index (χ2n) is 23.7. The molecule has 10 heteroatoms. The minimum atomic E-state index is 0. The molecule has 5 heterocycles. The third kappa shape index (κ3) is 23.1. The molecule has 0 fully saturated rings. The van der Waals surface area contributed by atoms with Gasteiger partial charge in [0.15, 0.2) is 0 Å². The zero-order valence-corrected chi connectivity index (χ0v) is 69.5. The molecule has 0 N–H and O–H groups in total. The normalized spacial score (nSPS) is 9.91. The van der Waals surface area contributed by atoms with Crippen LogP contribution in [0.25, 0.3) is 112 Å². The molecule has 0 atom stereocenters. The largest absolute Gasteiger partial charge is 0.305 e. The molecule has 0 amide bonds. The fourth-order valence-electron chi connectivity index (χ4n) is 11.5. The first-order valence-corrected chi connectivity index (χ1v) is 32.5. The fraction of sp³-hybridized carbons (Fsp3) is 0.0761. The minimum absolute atomic E-state index is 0. The van der Waals surface area contributed by atoms with Crippen molar-refractivity contribution in [1.82, 2.24) is 24.9 Å². The minimum Gasteiger partial charge on any atom is -0.305 e. The van der Waals surface area contributed by atoms with Crippen molar-refractivity contribution in [3.05, 3.63) is 391 Å². The Balaban J connectivity index is 0.000000198. The number of pyridine rings is 5. The van der Waals surface area contributed by atoms with Gasteiger partial charge in [0.1, 0.15) is 0 Å². The molecule has 5 aromatic heterocycles. The van der Waals surface area contributed by atoms with E-state index in [1.54, 1.807) is 0 Å². The third-order valence-electron chi connectivity index (χ3n) is 16.1. The molecule has 517 valence electrons. The maximum absolute atomic E-state index is 4.60. The number of hydrogen-bond donors (Lipinski definition) is 0. The van der Waals surface area contributed by atoms with Gasteiger partial charge in [-0.15, -0.1) is 178 Å². The molecule has 102 heavy (non-hydrogen) atoms. The number of nitrogens with zero attached hydrogens (tertiary/aromatic N) is 5. The van der Waals surface area contributed by atoms with E-state index >= 15 is 0 Å². The molecule has 15 aromatic rings. The second kappa shape index (κ2) is 42.0. The van der Waals surface area contributed by atoms with Crippen molar-refractivity contribution in [2.75, 3.05) is 0 Å². The van der Waals surface area contributed by atoms with Crippen LogP contribution in [0.3, 0.4) is 0 Å². The van der Waals surface area contributed by atoms with Gasteiger partial charge in [0.05, 0.1) is 0 Å². The Morgan fingerprint density at radius 1 is 0.245 bits per heavy atom. The van der Waals surface area contributed by atoms with Gasteiger partial charge in [-0.2, -0.15) is 0 Å². The smallest absolute Gasteiger partial charge is 0.0272 e. The standard InChI is InChI=1S/2C19H16N.3C18H14N.5Ir/c1-14-7-5-8-15(2)19(14)17-10-6-9-16(13-17)18-11-3-4-12-20-18;1-14-10-15(2)12-18(11-14)16-6-5-7-17(13-16)19-8-3-4-9-20-19;1-14-13-19-18(16-10-6-3-7-11-16)12-17(14)15-8-4-2-5-9-15;1-14-12-17(15-8-4-2-5-9-15)13-18(19-14)16-10-6-3-7-11-16;1-14-12-17(15-8-4-2-5-9-15)18(19-13-14)16-10-6-3-7-11-16;;;;;/h3-8,10-13H,1-2H3;3-6,8-13H,1-2H3;3*2-10,12-13H,1H3;;;;;/q5*-1;;;;;. The van der Waals surface area contributed by atoms with Crippen LogP contribution in [0.5, 0.6) is 0 Å². The summed E-state index contributed by atoms with van der Waals surface area (Å²) in [5, 5.41) is 0. The molecular weight excluding hydrogens is 2140 g/mol. The average molecular weight is 2210 g/mol. The molecule has 0 bridgehead atoms. The van der Waals surface area contributed by atoms with Crippen molar-refractivity contribution in [3.63, 3.8) is 0 Å². The molecule has 5 radical (unpaired) electrons. The SMILES string of the molecule is Cc1cc(-c2ccccc2)cc(-c2[c-]cccc2)n1.Cc1cc(C)cc(-c2cc[c-]c(-c3ccccn3)c2)c1.Cc1cccc(C)c1-c1cc[c-]c(-c2ccccn2)c1.Cc1cnc(-c2[c-]cccc2)c(-c2ccccc2)c1.Cc1cnc(-c2[c-]cccc2)cc1-c1ccccc1.[Ir].[Ir].[Ir].[Ir].[Ir]. The number of rotatable bonds is 10. The predicted molar refractivity (Wildman–Crippen MR) is 403 cm³/mol. The van der Waals surface area contributed by atoms with Gasteiger partial charge in [0.2, 0.25) is 0 Å². The number of hydrogen-bond acceptors (Lipinski definition) is 5. The Bertz CT molecular complexity index is 4880. The molecule has 5 nitrogen and oxygen atoms in total. The maximum Gasteiger partial charge on any atom is 0.0272 e. The van der Waals surface area contributed by atoms with Crippen molar-refractivity contribution < 1.29 is 101 Å². The first-order valence-electron chi connectivity index (χ1n) is 32.5. The zero-order chi connectivity index (χ0) is 67.1. The van der Waals surface area contributed by atoms with Gasteiger partial charge in [0.25, 0.3) is 0 Å². The summed E-state index contributed by atoms with van der Waals surface area (Å²) in [5.41, 5.74) is 30.7. The fourth-order valence-corrected chi connectivity index (χ4v) is 11.5. The van der Waals surface area contributed by atoms with Crippen molar-refractivity contribution in [2.24, 2.45) is 0 Å². The van der Waals surface area contributed by atoms with Crippen molar-refractivity contribution in [3.8, 4) is 112 Å². The Morgan fingerprint density at radius 2 is 0.706 bits per heavy atom. The van der Waals surface area contributed by atoms with Crippen molar-refractivity contribution in [1.29, 1.82) is 0 Å². The van der Waals surface area contributed by atoms with Crippen LogP contribution in [0.4, 0.5) is 0 Å². The number of aryl methyl sites for hydroxylation is 7. The molecule has 0 saturated heterocycles. The summed E-state index contributed by atoms with van der Waals surface area (Å²) in [6, 6.07) is 117. The third-order valence-corrected chi connectivity index (χ3v) is 16.1. The van der Waals surface area contributed by atoms with Gasteiger partial charge >= 0.3 is 0 Å². The van der Waals surface area contributed by atoms with Crippen LogP contribution >= 0.6 is 0 Å². The average Bonchev–Trinajstić information content (AvgIpc) is 0.788. The van der Waals surface area contributed by atoms with Gasteiger partial charge in [-0.25, -0.2) is 0 Å². The quantitative estimate of drug-likeness (QED) is 0.128. The molecular formula is C92H74Ir5N5-5. The van der Waals surface area contributed by atoms with Crippen LogP contribution in [0.15, 0.2) is 322 Å². The molecule has 0 spiro atoms. The molecule has 0 saturated carbocycles. The summed E-state index contributed by atoms with van der Waals surface area (Å²) in [6.45, 7) is 14.8. The van der Waals surface area contributed by atoms with Crippen LogP contribution in [0.1, 0.15) is 39.1 Å². The predicted octanol–water partition coefficient (Wildman–Crippen LogP) is 23.2. The summed E-state index contributed by atoms with van der Waals surface area (Å²) >= 11 is 0. The molecule has 0 unspecified atom stereocenters. The van der Waals surface area contributed by atoms with Gasteiger partial charge in [0, 0.05) is 131 Å². The van der Waals surface area contributed by atoms with E-state index in [4.69, 9.17) is 0 Å². The summed E-state index contributed by atoms with van der Waals surface area (Å²) in [7, 11) is 0. The summed E-state index contributed by atoms with van der Waals surface area (Å²) in [6.07, 6.45) is 7.46. The summed E-state index contributed by atoms with van der Waals surface area (Å²) < 4.78 is 0.